The topological polar surface area (TPSA) is 78.5 Å². The zero-order valence-corrected chi connectivity index (χ0v) is 15.8. The summed E-state index contributed by atoms with van der Waals surface area (Å²) in [6.45, 7) is 2.06. The number of rotatable bonds is 7. The van der Waals surface area contributed by atoms with E-state index in [4.69, 9.17) is 26.1 Å². The van der Waals surface area contributed by atoms with E-state index in [1.54, 1.807) is 31.4 Å². The Morgan fingerprint density at radius 2 is 2.00 bits per heavy atom. The quantitative estimate of drug-likeness (QED) is 0.624. The van der Waals surface area contributed by atoms with Crippen LogP contribution in [0, 0.1) is 11.8 Å². The summed E-state index contributed by atoms with van der Waals surface area (Å²) in [4.78, 5) is 12.3. The van der Waals surface area contributed by atoms with Gasteiger partial charge in [0.15, 0.2) is 6.61 Å². The van der Waals surface area contributed by atoms with Crippen molar-refractivity contribution in [2.75, 3.05) is 12.4 Å². The first kappa shape index (κ1) is 18.7. The zero-order chi connectivity index (χ0) is 19.2. The number of aryl methyl sites for hydroxylation is 1. The number of hydrogen-bond acceptors (Lipinski definition) is 6. The van der Waals surface area contributed by atoms with Crippen molar-refractivity contribution in [1.82, 2.24) is 9.78 Å². The maximum atomic E-state index is 12.2. The van der Waals surface area contributed by atoms with Crippen molar-refractivity contribution < 1.29 is 18.7 Å². The molecular weight excluding hydrogens is 366 g/mol. The van der Waals surface area contributed by atoms with Crippen LogP contribution in [0.1, 0.15) is 11.5 Å². The van der Waals surface area contributed by atoms with Gasteiger partial charge in [-0.2, -0.15) is 0 Å². The Hall–Kier alpha value is -3.13. The number of anilines is 1. The maximum absolute atomic E-state index is 12.2. The molecule has 1 amide bonds. The maximum Gasteiger partial charge on any atom is 0.287 e. The van der Waals surface area contributed by atoms with E-state index in [0.717, 1.165) is 5.56 Å². The van der Waals surface area contributed by atoms with Crippen LogP contribution in [0.15, 0.2) is 52.9 Å². The van der Waals surface area contributed by atoms with Crippen LogP contribution >= 0.6 is 12.2 Å². The fourth-order valence-corrected chi connectivity index (χ4v) is 2.53. The number of carbonyl (C=O) groups is 1. The minimum absolute atomic E-state index is 0.0654. The van der Waals surface area contributed by atoms with Crippen LogP contribution in [0.4, 0.5) is 5.69 Å². The van der Waals surface area contributed by atoms with Crippen molar-refractivity contribution in [1.29, 1.82) is 0 Å². The average Bonchev–Trinajstić information content (AvgIpc) is 3.00. The Kier molecular flexibility index (Phi) is 5.87. The first-order valence-corrected chi connectivity index (χ1v) is 8.64. The number of nitrogens with one attached hydrogen (secondary N) is 1. The zero-order valence-electron chi connectivity index (χ0n) is 15.0. The summed E-state index contributed by atoms with van der Waals surface area (Å²) in [6.07, 6.45) is 0. The lowest BCUT2D eigenvalue weighted by Gasteiger charge is -2.06. The van der Waals surface area contributed by atoms with Crippen LogP contribution in [-0.2, 0) is 17.9 Å². The number of methoxy groups -OCH3 is 1. The monoisotopic (exact) mass is 385 g/mol. The van der Waals surface area contributed by atoms with E-state index < -0.39 is 0 Å². The average molecular weight is 385 g/mol. The third kappa shape index (κ3) is 5.18. The van der Waals surface area contributed by atoms with Crippen molar-refractivity contribution in [2.24, 2.45) is 0 Å². The molecular formula is C19H19N3O4S. The minimum Gasteiger partial charge on any atom is -0.497 e. The molecule has 8 heteroatoms. The molecule has 7 nitrogen and oxygen atoms in total. The predicted molar refractivity (Wildman–Crippen MR) is 102 cm³/mol. The molecule has 3 rings (SSSR count). The van der Waals surface area contributed by atoms with E-state index in [1.165, 1.54) is 4.68 Å². The summed E-state index contributed by atoms with van der Waals surface area (Å²) in [6, 6.07) is 14.7. The fraction of sp³-hybridized carbons (Fsp3) is 0.211. The van der Waals surface area contributed by atoms with Crippen molar-refractivity contribution >= 4 is 23.8 Å². The van der Waals surface area contributed by atoms with Crippen LogP contribution in [0.3, 0.4) is 0 Å². The van der Waals surface area contributed by atoms with E-state index >= 15 is 0 Å². The van der Waals surface area contributed by atoms with E-state index in [2.05, 4.69) is 10.4 Å². The smallest absolute Gasteiger partial charge is 0.287 e. The normalized spacial score (nSPS) is 10.4. The van der Waals surface area contributed by atoms with Gasteiger partial charge in [-0.05, 0) is 43.4 Å². The molecule has 1 heterocycles. The van der Waals surface area contributed by atoms with Crippen molar-refractivity contribution in [3.05, 3.63) is 64.8 Å². The van der Waals surface area contributed by atoms with Gasteiger partial charge in [0.2, 0.25) is 5.91 Å². The Balaban J connectivity index is 1.59. The number of nitrogens with zero attached hydrogens (tertiary/aromatic N) is 2. The van der Waals surface area contributed by atoms with E-state index in [0.29, 0.717) is 23.1 Å². The van der Waals surface area contributed by atoms with Crippen molar-refractivity contribution in [3.8, 4) is 11.5 Å². The van der Waals surface area contributed by atoms with Crippen LogP contribution < -0.4 is 14.8 Å². The molecule has 1 N–H and O–H groups in total. The highest BCUT2D eigenvalue weighted by molar-refractivity contribution is 7.71. The lowest BCUT2D eigenvalue weighted by Crippen LogP contribution is -2.19. The van der Waals surface area contributed by atoms with Crippen molar-refractivity contribution in [2.45, 2.75) is 20.1 Å². The van der Waals surface area contributed by atoms with Gasteiger partial charge in [0, 0.05) is 11.8 Å². The summed E-state index contributed by atoms with van der Waals surface area (Å²) in [5, 5.41) is 6.96. The number of benzene rings is 2. The summed E-state index contributed by atoms with van der Waals surface area (Å²) in [5.74, 6) is 1.38. The van der Waals surface area contributed by atoms with Crippen molar-refractivity contribution in [3.63, 3.8) is 0 Å². The van der Waals surface area contributed by atoms with Gasteiger partial charge in [0.1, 0.15) is 18.0 Å². The highest BCUT2D eigenvalue weighted by Crippen LogP contribution is 2.17. The standard InChI is InChI=1S/C19H19N3O4S/c1-13-6-8-15(9-7-13)25-12-18-21-22(19(27)26-18)11-17(23)20-14-4-3-5-16(10-14)24-2/h3-10H,11-12H2,1-2H3,(H,20,23). The van der Waals surface area contributed by atoms with E-state index in [1.807, 2.05) is 31.2 Å². The lowest BCUT2D eigenvalue weighted by atomic mass is 10.2. The molecule has 0 saturated carbocycles. The third-order valence-electron chi connectivity index (χ3n) is 3.68. The van der Waals surface area contributed by atoms with Gasteiger partial charge in [-0.25, -0.2) is 4.68 Å². The van der Waals surface area contributed by atoms with E-state index in [9.17, 15) is 4.79 Å². The molecule has 140 valence electrons. The first-order valence-electron chi connectivity index (χ1n) is 8.23. The van der Waals surface area contributed by atoms with Gasteiger partial charge in [-0.3, -0.25) is 4.79 Å². The summed E-state index contributed by atoms with van der Waals surface area (Å²) in [7, 11) is 1.57. The number of carbonyl (C=O) groups excluding carboxylic acids is 1. The molecule has 0 bridgehead atoms. The summed E-state index contributed by atoms with van der Waals surface area (Å²) in [5.41, 5.74) is 1.77. The van der Waals surface area contributed by atoms with Gasteiger partial charge in [0.05, 0.1) is 7.11 Å². The van der Waals surface area contributed by atoms with Gasteiger partial charge >= 0.3 is 0 Å². The third-order valence-corrected chi connectivity index (χ3v) is 3.97. The Morgan fingerprint density at radius 3 is 2.74 bits per heavy atom. The number of hydrogen-bond donors (Lipinski definition) is 1. The molecule has 2 aromatic carbocycles. The number of ether oxygens (including phenoxy) is 2. The van der Waals surface area contributed by atoms with Gasteiger partial charge in [0.25, 0.3) is 10.7 Å². The molecule has 0 aliphatic heterocycles. The molecule has 0 fully saturated rings. The second-order valence-corrected chi connectivity index (χ2v) is 6.15. The van der Waals surface area contributed by atoms with Gasteiger partial charge < -0.3 is 19.2 Å². The molecule has 0 spiro atoms. The molecule has 0 radical (unpaired) electrons. The second-order valence-electron chi connectivity index (χ2n) is 5.80. The second kappa shape index (κ2) is 8.50. The van der Waals surface area contributed by atoms with Gasteiger partial charge in [-0.15, -0.1) is 5.10 Å². The Morgan fingerprint density at radius 1 is 1.22 bits per heavy atom. The molecule has 0 aliphatic rings. The molecule has 0 unspecified atom stereocenters. The Labute approximate surface area is 161 Å². The largest absolute Gasteiger partial charge is 0.497 e. The molecule has 0 aliphatic carbocycles. The number of aromatic nitrogens is 2. The Bertz CT molecular complexity index is 979. The van der Waals surface area contributed by atoms with Crippen LogP contribution in [0.5, 0.6) is 11.5 Å². The SMILES string of the molecule is COc1cccc(NC(=O)Cn2nc(COc3ccc(C)cc3)oc2=S)c1. The molecule has 1 aromatic heterocycles. The summed E-state index contributed by atoms with van der Waals surface area (Å²) < 4.78 is 17.5. The highest BCUT2D eigenvalue weighted by Gasteiger charge is 2.11. The molecule has 3 aromatic rings. The predicted octanol–water partition coefficient (Wildman–Crippen LogP) is 3.74. The molecule has 0 atom stereocenters. The van der Waals surface area contributed by atoms with Crippen LogP contribution in [0.25, 0.3) is 0 Å². The summed E-state index contributed by atoms with van der Waals surface area (Å²) >= 11 is 5.12. The lowest BCUT2D eigenvalue weighted by molar-refractivity contribution is -0.117. The molecule has 0 saturated heterocycles. The van der Waals surface area contributed by atoms with Crippen LogP contribution in [-0.4, -0.2) is 22.8 Å². The van der Waals surface area contributed by atoms with E-state index in [-0.39, 0.29) is 23.9 Å². The fourth-order valence-electron chi connectivity index (χ4n) is 2.32. The highest BCUT2D eigenvalue weighted by atomic mass is 32.1. The first-order chi connectivity index (χ1) is 13.0. The minimum atomic E-state index is -0.279. The van der Waals surface area contributed by atoms with Gasteiger partial charge in [-0.1, -0.05) is 23.8 Å². The van der Waals surface area contributed by atoms with Crippen LogP contribution in [0.2, 0.25) is 0 Å². The number of amides is 1. The molecule has 27 heavy (non-hydrogen) atoms.